The van der Waals surface area contributed by atoms with Gasteiger partial charge in [0.2, 0.25) is 5.78 Å². The number of nitrogens with one attached hydrogen (secondary N) is 1. The number of nitriles is 1. The van der Waals surface area contributed by atoms with Crippen molar-refractivity contribution in [3.63, 3.8) is 0 Å². The van der Waals surface area contributed by atoms with Crippen molar-refractivity contribution in [3.8, 4) is 6.07 Å². The van der Waals surface area contributed by atoms with Gasteiger partial charge in [-0.2, -0.15) is 5.26 Å². The van der Waals surface area contributed by atoms with E-state index in [2.05, 4.69) is 4.98 Å². The molecule has 0 atom stereocenters. The van der Waals surface area contributed by atoms with Crippen LogP contribution >= 0.6 is 0 Å². The number of aliphatic hydroxyl groups is 1. The van der Waals surface area contributed by atoms with E-state index >= 15 is 0 Å². The quantitative estimate of drug-likeness (QED) is 0.701. The van der Waals surface area contributed by atoms with Gasteiger partial charge in [-0.25, -0.2) is 4.79 Å². The molecule has 1 aromatic carbocycles. The Kier molecular flexibility index (Phi) is 12.0. The zero-order valence-corrected chi connectivity index (χ0v) is 19.0. The third kappa shape index (κ3) is 6.53. The second-order valence-electron chi connectivity index (χ2n) is 6.43. The maximum absolute atomic E-state index is 13.2. The van der Waals surface area contributed by atoms with E-state index in [0.717, 1.165) is 5.56 Å². The number of carbonyl (C=O) groups excluding carboxylic acids is 1. The minimum Gasteiger partial charge on any atom is -0.396 e. The summed E-state index contributed by atoms with van der Waals surface area (Å²) in [6.07, 6.45) is 0.265. The first-order valence-electron chi connectivity index (χ1n) is 10.3. The van der Waals surface area contributed by atoms with Gasteiger partial charge in [-0.1, -0.05) is 41.5 Å². The van der Waals surface area contributed by atoms with Crippen LogP contribution in [0.25, 0.3) is 0 Å². The van der Waals surface area contributed by atoms with Crippen molar-refractivity contribution in [2.45, 2.75) is 67.3 Å². The van der Waals surface area contributed by atoms with E-state index in [1.807, 2.05) is 33.8 Å². The van der Waals surface area contributed by atoms with Crippen molar-refractivity contribution in [2.24, 2.45) is 0 Å². The highest BCUT2D eigenvalue weighted by molar-refractivity contribution is 6.09. The largest absolute Gasteiger partial charge is 0.396 e. The number of ketones is 1. The average molecular weight is 416 g/mol. The normalized spacial score (nSPS) is 9.73. The molecule has 0 aliphatic carbocycles. The topological polar surface area (TPSA) is 116 Å². The van der Waals surface area contributed by atoms with Crippen LogP contribution in [0.1, 0.15) is 86.6 Å². The summed E-state index contributed by atoms with van der Waals surface area (Å²) >= 11 is 0. The van der Waals surface area contributed by atoms with Crippen LogP contribution in [0.4, 0.5) is 0 Å². The lowest BCUT2D eigenvalue weighted by molar-refractivity contribution is 0.102. The maximum atomic E-state index is 13.2. The van der Waals surface area contributed by atoms with Gasteiger partial charge >= 0.3 is 5.69 Å². The Labute approximate surface area is 178 Å². The fourth-order valence-corrected chi connectivity index (χ4v) is 2.92. The molecule has 0 fully saturated rings. The zero-order chi connectivity index (χ0) is 23.4. The predicted octanol–water partition coefficient (Wildman–Crippen LogP) is 3.51. The summed E-state index contributed by atoms with van der Waals surface area (Å²) in [5.41, 5.74) is 0.239. The molecule has 30 heavy (non-hydrogen) atoms. The summed E-state index contributed by atoms with van der Waals surface area (Å²) < 4.78 is 1.20. The minimum atomic E-state index is -0.690. The fourth-order valence-electron chi connectivity index (χ4n) is 2.92. The molecule has 7 heteroatoms. The molecular weight excluding hydrogens is 382 g/mol. The molecule has 0 spiro atoms. The molecular formula is C23H33N3O4. The van der Waals surface area contributed by atoms with Crippen LogP contribution in [0.5, 0.6) is 0 Å². The van der Waals surface area contributed by atoms with E-state index < -0.39 is 17.0 Å². The summed E-state index contributed by atoms with van der Waals surface area (Å²) in [7, 11) is 0. The Morgan fingerprint density at radius 2 is 1.77 bits per heavy atom. The first kappa shape index (κ1) is 27.0. The van der Waals surface area contributed by atoms with Crippen molar-refractivity contribution in [1.82, 2.24) is 9.55 Å². The van der Waals surface area contributed by atoms with Gasteiger partial charge in [0.25, 0.3) is 5.56 Å². The van der Waals surface area contributed by atoms with Gasteiger partial charge < -0.3 is 5.11 Å². The Bertz CT molecular complexity index is 995. The summed E-state index contributed by atoms with van der Waals surface area (Å²) in [6, 6.07) is 6.72. The van der Waals surface area contributed by atoms with E-state index in [1.165, 1.54) is 10.6 Å². The Morgan fingerprint density at radius 1 is 1.17 bits per heavy atom. The van der Waals surface area contributed by atoms with Crippen molar-refractivity contribution in [2.75, 3.05) is 6.61 Å². The third-order valence-corrected chi connectivity index (χ3v) is 4.04. The van der Waals surface area contributed by atoms with Crippen LogP contribution in [-0.4, -0.2) is 27.0 Å². The molecule has 0 unspecified atom stereocenters. The van der Waals surface area contributed by atoms with Gasteiger partial charge in [-0.3, -0.25) is 19.1 Å². The number of rotatable bonds is 6. The summed E-state index contributed by atoms with van der Waals surface area (Å²) in [4.78, 5) is 40.1. The molecule has 7 nitrogen and oxygen atoms in total. The van der Waals surface area contributed by atoms with E-state index in [1.54, 1.807) is 32.9 Å². The van der Waals surface area contributed by atoms with Gasteiger partial charge in [-0.05, 0) is 43.0 Å². The second-order valence-corrected chi connectivity index (χ2v) is 6.43. The number of aromatic amines is 1. The molecule has 1 heterocycles. The fraction of sp³-hybridized carbons (Fsp3) is 0.478. The summed E-state index contributed by atoms with van der Waals surface area (Å²) in [6.45, 7) is 13.2. The second kappa shape index (κ2) is 13.3. The highest BCUT2D eigenvalue weighted by atomic mass is 16.3. The lowest BCUT2D eigenvalue weighted by Crippen LogP contribution is -2.38. The Morgan fingerprint density at radius 3 is 2.27 bits per heavy atom. The SMILES string of the molecule is CC.CC.Cc1cc(C#N)cc(C(=O)c2c(C(C)C)c(=O)[nH]c(=O)n2CCCO)c1. The third-order valence-electron chi connectivity index (χ3n) is 4.04. The lowest BCUT2D eigenvalue weighted by Gasteiger charge is -2.17. The average Bonchev–Trinajstić information content (AvgIpc) is 2.74. The van der Waals surface area contributed by atoms with Crippen molar-refractivity contribution >= 4 is 5.78 Å². The Hall–Kier alpha value is -2.98. The first-order chi connectivity index (χ1) is 14.3. The smallest absolute Gasteiger partial charge is 0.328 e. The van der Waals surface area contributed by atoms with Crippen molar-refractivity contribution in [3.05, 3.63) is 67.0 Å². The number of H-pyrrole nitrogens is 1. The van der Waals surface area contributed by atoms with Crippen LogP contribution in [0, 0.1) is 18.3 Å². The van der Waals surface area contributed by atoms with Crippen LogP contribution in [0.3, 0.4) is 0 Å². The minimum absolute atomic E-state index is 0.0108. The molecule has 0 bridgehead atoms. The molecule has 2 rings (SSSR count). The maximum Gasteiger partial charge on any atom is 0.328 e. The number of carbonyl (C=O) groups is 1. The number of hydrogen-bond donors (Lipinski definition) is 2. The highest BCUT2D eigenvalue weighted by Gasteiger charge is 2.24. The van der Waals surface area contributed by atoms with Crippen molar-refractivity contribution < 1.29 is 9.90 Å². The van der Waals surface area contributed by atoms with Crippen molar-refractivity contribution in [1.29, 1.82) is 5.26 Å². The van der Waals surface area contributed by atoms with Gasteiger partial charge in [0.15, 0.2) is 0 Å². The van der Waals surface area contributed by atoms with Crippen LogP contribution < -0.4 is 11.2 Å². The van der Waals surface area contributed by atoms with Gasteiger partial charge in [0.1, 0.15) is 5.69 Å². The van der Waals surface area contributed by atoms with Crippen LogP contribution in [0.2, 0.25) is 0 Å². The molecule has 0 radical (unpaired) electrons. The molecule has 1 aromatic heterocycles. The lowest BCUT2D eigenvalue weighted by atomic mass is 9.95. The Balaban J connectivity index is 0.00000198. The number of aromatic nitrogens is 2. The molecule has 2 aromatic rings. The first-order valence-corrected chi connectivity index (χ1v) is 10.3. The van der Waals surface area contributed by atoms with E-state index in [-0.39, 0.29) is 42.3 Å². The van der Waals surface area contributed by atoms with Crippen LogP contribution in [0.15, 0.2) is 27.8 Å². The molecule has 0 aliphatic heterocycles. The molecule has 164 valence electrons. The molecule has 0 amide bonds. The van der Waals surface area contributed by atoms with Gasteiger partial charge in [-0.15, -0.1) is 0 Å². The van der Waals surface area contributed by atoms with E-state index in [0.29, 0.717) is 5.56 Å². The van der Waals surface area contributed by atoms with E-state index in [9.17, 15) is 14.4 Å². The van der Waals surface area contributed by atoms with Gasteiger partial charge in [0.05, 0.1) is 11.6 Å². The summed E-state index contributed by atoms with van der Waals surface area (Å²) in [5, 5.41) is 18.2. The molecule has 0 aliphatic rings. The highest BCUT2D eigenvalue weighted by Crippen LogP contribution is 2.20. The number of hydrogen-bond acceptors (Lipinski definition) is 5. The van der Waals surface area contributed by atoms with Crippen LogP contribution in [-0.2, 0) is 6.54 Å². The number of nitrogens with zero attached hydrogens (tertiary/aromatic N) is 2. The van der Waals surface area contributed by atoms with E-state index in [4.69, 9.17) is 10.4 Å². The monoisotopic (exact) mass is 415 g/mol. The number of aryl methyl sites for hydroxylation is 1. The standard InChI is InChI=1S/C19H21N3O4.2C2H6/c1-11(2)15-16(22(5-4-6-23)19(26)21-18(15)25)17(24)14-8-12(3)7-13(9-14)10-20;2*1-2/h7-9,11,23H,4-6H2,1-3H3,(H,21,25,26);2*1-2H3. The molecule has 0 saturated carbocycles. The van der Waals surface area contributed by atoms with Gasteiger partial charge in [0, 0.05) is 24.3 Å². The number of aliphatic hydroxyl groups excluding tert-OH is 1. The summed E-state index contributed by atoms with van der Waals surface area (Å²) in [5.74, 6) is -0.783. The molecule has 0 saturated heterocycles. The number of benzene rings is 1. The zero-order valence-electron chi connectivity index (χ0n) is 19.0. The predicted molar refractivity (Wildman–Crippen MR) is 119 cm³/mol. The molecule has 2 N–H and O–H groups in total.